The Balaban J connectivity index is 0.000000455. The van der Waals surface area contributed by atoms with Gasteiger partial charge in [0.1, 0.15) is 28.5 Å². The van der Waals surface area contributed by atoms with E-state index < -0.39 is 14.5 Å². The minimum absolute atomic E-state index is 0. The lowest BCUT2D eigenvalue weighted by Gasteiger charge is -2.28. The van der Waals surface area contributed by atoms with E-state index in [9.17, 15) is 0 Å². The third-order valence-electron chi connectivity index (χ3n) is 8.52. The number of benzene rings is 4. The van der Waals surface area contributed by atoms with Crippen molar-refractivity contribution < 1.29 is 24.8 Å². The number of unbranched alkanes of at least 4 members (excludes halogenated alkanes) is 4. The van der Waals surface area contributed by atoms with Crippen molar-refractivity contribution in [3.63, 3.8) is 0 Å². The molecule has 0 fully saturated rings. The summed E-state index contributed by atoms with van der Waals surface area (Å²) < 4.78 is 0. The molecule has 0 unspecified atom stereocenters. The maximum Gasteiger partial charge on any atom is 0.144 e. The second kappa shape index (κ2) is 22.8. The van der Waals surface area contributed by atoms with Crippen LogP contribution in [0.15, 0.2) is 121 Å². The Hall–Kier alpha value is -1.68. The van der Waals surface area contributed by atoms with Gasteiger partial charge in [0.05, 0.1) is 24.6 Å². The van der Waals surface area contributed by atoms with E-state index in [-0.39, 0.29) is 24.8 Å². The molecule has 0 spiro atoms. The number of halogens is 2. The summed E-state index contributed by atoms with van der Waals surface area (Å²) in [5, 5.41) is 5.55. The van der Waals surface area contributed by atoms with Crippen molar-refractivity contribution in [2.24, 2.45) is 0 Å². The van der Waals surface area contributed by atoms with Gasteiger partial charge in [-0.1, -0.05) is 126 Å². The first-order chi connectivity index (χ1) is 20.7. The molecule has 0 N–H and O–H groups in total. The van der Waals surface area contributed by atoms with Crippen molar-refractivity contribution in [1.29, 1.82) is 0 Å². The van der Waals surface area contributed by atoms with Gasteiger partial charge in [0, 0.05) is 7.26 Å². The molecular weight excluding hydrogens is 613 g/mol. The van der Waals surface area contributed by atoms with E-state index in [1.165, 1.54) is 72.6 Å². The van der Waals surface area contributed by atoms with Gasteiger partial charge in [-0.3, -0.25) is 0 Å². The molecule has 4 heteroatoms. The van der Waals surface area contributed by atoms with E-state index in [0.717, 1.165) is 0 Å². The first-order valence-electron chi connectivity index (χ1n) is 16.6. The molecule has 44 heavy (non-hydrogen) atoms. The molecule has 0 aliphatic rings. The van der Waals surface area contributed by atoms with Gasteiger partial charge in [0.15, 0.2) is 0 Å². The van der Waals surface area contributed by atoms with Crippen molar-refractivity contribution in [3.8, 4) is 0 Å². The lowest BCUT2D eigenvalue weighted by molar-refractivity contribution is -0.00100. The first-order valence-corrected chi connectivity index (χ1v) is 20.9. The second-order valence-corrected chi connectivity index (χ2v) is 19.5. The Kier molecular flexibility index (Phi) is 20.9. The normalized spacial score (nSPS) is 11.0. The summed E-state index contributed by atoms with van der Waals surface area (Å²) in [5.41, 5.74) is 0. The molecule has 4 aromatic rings. The Morgan fingerprint density at radius 2 is 0.545 bits per heavy atom. The molecule has 0 amide bonds. The Morgan fingerprint density at radius 1 is 0.341 bits per heavy atom. The van der Waals surface area contributed by atoms with Gasteiger partial charge in [0.25, 0.3) is 0 Å². The van der Waals surface area contributed by atoms with Crippen LogP contribution in [0.5, 0.6) is 0 Å². The molecule has 0 nitrogen and oxygen atoms in total. The van der Waals surface area contributed by atoms with E-state index in [2.05, 4.69) is 149 Å². The van der Waals surface area contributed by atoms with Crippen molar-refractivity contribution in [2.75, 3.05) is 24.6 Å². The highest BCUT2D eigenvalue weighted by molar-refractivity contribution is 8.01. The highest BCUT2D eigenvalue weighted by Crippen LogP contribution is 2.61. The van der Waals surface area contributed by atoms with Crippen LogP contribution in [0.2, 0.25) is 0 Å². The zero-order valence-electron chi connectivity index (χ0n) is 27.7. The van der Waals surface area contributed by atoms with Gasteiger partial charge in [0.2, 0.25) is 0 Å². The Labute approximate surface area is 284 Å². The highest BCUT2D eigenvalue weighted by Gasteiger charge is 2.47. The lowest BCUT2D eigenvalue weighted by Crippen LogP contribution is -3.00. The molecule has 240 valence electrons. The number of hydrogen-bond donors (Lipinski definition) is 0. The summed E-state index contributed by atoms with van der Waals surface area (Å²) in [6, 6.07) is 43.8. The van der Waals surface area contributed by atoms with Crippen LogP contribution in [0, 0.1) is 0 Å². The SMILES string of the molecule is CCCC[P+](CCCC)(CCCC)CCCC.[Cl-].[Cl-].c1ccc([P+](c2ccccc2)(c2ccccc2)c2ccccc2)cc1. The second-order valence-electron chi connectivity index (χ2n) is 11.7. The summed E-state index contributed by atoms with van der Waals surface area (Å²) in [7, 11) is -2.47. The van der Waals surface area contributed by atoms with Gasteiger partial charge in [-0.15, -0.1) is 0 Å². The lowest BCUT2D eigenvalue weighted by atomic mass is 10.3. The topological polar surface area (TPSA) is 0 Å². The van der Waals surface area contributed by atoms with Gasteiger partial charge < -0.3 is 24.8 Å². The van der Waals surface area contributed by atoms with Crippen LogP contribution in [0.25, 0.3) is 0 Å². The molecule has 0 bridgehead atoms. The monoisotopic (exact) mass is 668 g/mol. The quantitative estimate of drug-likeness (QED) is 0.154. The third-order valence-corrected chi connectivity index (χ3v) is 17.9. The van der Waals surface area contributed by atoms with Gasteiger partial charge in [-0.2, -0.15) is 0 Å². The van der Waals surface area contributed by atoms with Crippen LogP contribution in [0.4, 0.5) is 0 Å². The van der Waals surface area contributed by atoms with Crippen molar-refractivity contribution >= 4 is 35.7 Å². The molecule has 0 aromatic heterocycles. The molecule has 0 saturated heterocycles. The molecule has 0 heterocycles. The van der Waals surface area contributed by atoms with E-state index in [1.54, 1.807) is 24.6 Å². The van der Waals surface area contributed by atoms with Crippen molar-refractivity contribution in [2.45, 2.75) is 79.1 Å². The average molecular weight is 670 g/mol. The van der Waals surface area contributed by atoms with E-state index in [0.29, 0.717) is 0 Å². The summed E-state index contributed by atoms with van der Waals surface area (Å²) in [6.07, 6.45) is 17.9. The molecule has 0 aliphatic carbocycles. The molecule has 0 aliphatic heterocycles. The summed E-state index contributed by atoms with van der Waals surface area (Å²) in [4.78, 5) is 0. The third kappa shape index (κ3) is 11.3. The predicted molar refractivity (Wildman–Crippen MR) is 197 cm³/mol. The summed E-state index contributed by atoms with van der Waals surface area (Å²) in [5.74, 6) is 0. The van der Waals surface area contributed by atoms with Crippen LogP contribution in [-0.2, 0) is 0 Å². The van der Waals surface area contributed by atoms with E-state index in [1.807, 2.05) is 0 Å². The van der Waals surface area contributed by atoms with Crippen molar-refractivity contribution in [1.82, 2.24) is 0 Å². The largest absolute Gasteiger partial charge is 1.00 e. The summed E-state index contributed by atoms with van der Waals surface area (Å²) >= 11 is 0. The zero-order valence-corrected chi connectivity index (χ0v) is 31.0. The Morgan fingerprint density at radius 3 is 0.727 bits per heavy atom. The molecule has 4 rings (SSSR count). The summed E-state index contributed by atoms with van der Waals surface area (Å²) in [6.45, 7) is 9.42. The van der Waals surface area contributed by atoms with Crippen LogP contribution >= 0.6 is 14.5 Å². The molecule has 0 saturated carbocycles. The standard InChI is InChI=1S/C24H20P.C16H36P.2ClH/c1-5-13-21(14-6-1)25(22-15-7-2-8-16-22,23-17-9-3-10-18-23)24-19-11-4-12-20-24;1-5-9-13-17(14-10-6-2,15-11-7-3)16-12-8-4;;/h1-20H;5-16H2,1-4H3;2*1H/q2*+1;;/p-2. The molecule has 4 aromatic carbocycles. The minimum atomic E-state index is -1.91. The number of rotatable bonds is 16. The van der Waals surface area contributed by atoms with Crippen molar-refractivity contribution in [3.05, 3.63) is 121 Å². The fourth-order valence-corrected chi connectivity index (χ4v) is 15.7. The maximum atomic E-state index is 2.36. The van der Waals surface area contributed by atoms with E-state index in [4.69, 9.17) is 0 Å². The van der Waals surface area contributed by atoms with Crippen LogP contribution in [-0.4, -0.2) is 24.6 Å². The smallest absolute Gasteiger partial charge is 0.144 e. The maximum absolute atomic E-state index is 2.36. The van der Waals surface area contributed by atoms with E-state index >= 15 is 0 Å². The highest BCUT2D eigenvalue weighted by atomic mass is 35.5. The van der Waals surface area contributed by atoms with Crippen LogP contribution in [0.3, 0.4) is 0 Å². The van der Waals surface area contributed by atoms with Gasteiger partial charge in [-0.05, 0) is 74.2 Å². The van der Waals surface area contributed by atoms with Crippen LogP contribution < -0.4 is 46.0 Å². The molecule has 0 atom stereocenters. The van der Waals surface area contributed by atoms with Gasteiger partial charge >= 0.3 is 0 Å². The fourth-order valence-electron chi connectivity index (χ4n) is 6.15. The predicted octanol–water partition coefficient (Wildman–Crippen LogP) is 4.52. The van der Waals surface area contributed by atoms with Crippen LogP contribution in [0.1, 0.15) is 79.1 Å². The molecular formula is C40H56Cl2P2. The minimum Gasteiger partial charge on any atom is -1.00 e. The zero-order chi connectivity index (χ0) is 29.9. The van der Waals surface area contributed by atoms with Gasteiger partial charge in [-0.25, -0.2) is 0 Å². The first kappa shape index (κ1) is 40.3. The Bertz CT molecular complexity index is 1020. The average Bonchev–Trinajstić information content (AvgIpc) is 3.07. The number of hydrogen-bond acceptors (Lipinski definition) is 0. The molecule has 0 radical (unpaired) electrons. The fraction of sp³-hybridized carbons (Fsp3) is 0.400.